The van der Waals surface area contributed by atoms with E-state index in [9.17, 15) is 0 Å². The third-order valence-corrected chi connectivity index (χ3v) is 6.51. The fourth-order valence-electron chi connectivity index (χ4n) is 4.59. The van der Waals surface area contributed by atoms with Gasteiger partial charge >= 0.3 is 0 Å². The van der Waals surface area contributed by atoms with Gasteiger partial charge < -0.3 is 0 Å². The summed E-state index contributed by atoms with van der Waals surface area (Å²) in [7, 11) is 0. The second-order valence-corrected chi connectivity index (χ2v) is 8.84. The molecule has 2 aromatic rings. The van der Waals surface area contributed by atoms with Crippen molar-refractivity contribution in [2.24, 2.45) is 0 Å². The summed E-state index contributed by atoms with van der Waals surface area (Å²) in [5, 5.41) is 0. The van der Waals surface area contributed by atoms with Crippen LogP contribution in [0.25, 0.3) is 0 Å². The van der Waals surface area contributed by atoms with Crippen molar-refractivity contribution in [3.63, 3.8) is 0 Å². The second kappa shape index (κ2) is 13.3. The number of alkyl halides is 2. The van der Waals surface area contributed by atoms with Gasteiger partial charge in [-0.1, -0.05) is 25.0 Å². The van der Waals surface area contributed by atoms with Gasteiger partial charge in [0, 0.05) is 62.4 Å². The Bertz CT molecular complexity index is 639. The zero-order valence-corrected chi connectivity index (χ0v) is 19.3. The molecular weight excluding hydrogens is 415 g/mol. The quantitative estimate of drug-likeness (QED) is 0.409. The molecule has 2 aromatic heterocycles. The summed E-state index contributed by atoms with van der Waals surface area (Å²) < 4.78 is 0. The van der Waals surface area contributed by atoms with Crippen LogP contribution in [0, 0.1) is 0 Å². The van der Waals surface area contributed by atoms with Crippen LogP contribution >= 0.6 is 23.2 Å². The summed E-state index contributed by atoms with van der Waals surface area (Å²) in [5.41, 5.74) is 2.27. The van der Waals surface area contributed by atoms with Crippen LogP contribution in [0.15, 0.2) is 48.8 Å². The Morgan fingerprint density at radius 2 is 1.20 bits per heavy atom. The minimum absolute atomic E-state index is 0.503. The van der Waals surface area contributed by atoms with Crippen molar-refractivity contribution in [2.75, 3.05) is 24.8 Å². The van der Waals surface area contributed by atoms with Crippen molar-refractivity contribution in [3.05, 3.63) is 60.2 Å². The number of hydrogen-bond acceptors (Lipinski definition) is 4. The number of pyridine rings is 2. The molecule has 0 aliphatic heterocycles. The Balaban J connectivity index is 1.80. The fraction of sp³-hybridized carbons (Fsp3) is 0.583. The molecule has 1 aliphatic carbocycles. The average molecular weight is 449 g/mol. The highest BCUT2D eigenvalue weighted by atomic mass is 35.5. The van der Waals surface area contributed by atoms with E-state index in [-0.39, 0.29) is 0 Å². The molecule has 1 saturated carbocycles. The largest absolute Gasteiger partial charge is 0.293 e. The van der Waals surface area contributed by atoms with E-state index < -0.39 is 0 Å². The molecule has 0 bridgehead atoms. The number of rotatable bonds is 12. The molecule has 0 spiro atoms. The van der Waals surface area contributed by atoms with Gasteiger partial charge in [0.2, 0.25) is 0 Å². The van der Waals surface area contributed by atoms with Gasteiger partial charge in [-0.25, -0.2) is 0 Å². The van der Waals surface area contributed by atoms with Crippen molar-refractivity contribution < 1.29 is 0 Å². The molecule has 1 aliphatic rings. The summed E-state index contributed by atoms with van der Waals surface area (Å²) in [6.45, 7) is 3.78. The Labute approximate surface area is 191 Å². The summed E-state index contributed by atoms with van der Waals surface area (Å²) in [6.07, 6.45) is 10.8. The van der Waals surface area contributed by atoms with Crippen LogP contribution in [0.1, 0.15) is 49.9 Å². The Hall–Kier alpha value is -1.20. The van der Waals surface area contributed by atoms with E-state index in [2.05, 4.69) is 44.0 Å². The lowest BCUT2D eigenvalue weighted by molar-refractivity contribution is 0.0374. The fourth-order valence-corrected chi connectivity index (χ4v) is 4.83. The van der Waals surface area contributed by atoms with Gasteiger partial charge in [-0.05, 0) is 49.9 Å². The van der Waals surface area contributed by atoms with Crippen LogP contribution < -0.4 is 0 Å². The summed E-state index contributed by atoms with van der Waals surface area (Å²) in [5.74, 6) is 1.39. The third kappa shape index (κ3) is 7.19. The first-order chi connectivity index (χ1) is 14.8. The maximum Gasteiger partial charge on any atom is 0.0544 e. The lowest BCUT2D eigenvalue weighted by atomic mass is 9.87. The monoisotopic (exact) mass is 448 g/mol. The van der Waals surface area contributed by atoms with E-state index in [0.29, 0.717) is 23.8 Å². The molecule has 2 heterocycles. The molecule has 0 unspecified atom stereocenters. The Morgan fingerprint density at radius 3 is 1.57 bits per heavy atom. The van der Waals surface area contributed by atoms with Crippen molar-refractivity contribution in [1.29, 1.82) is 0 Å². The summed E-state index contributed by atoms with van der Waals surface area (Å²) in [4.78, 5) is 14.4. The van der Waals surface area contributed by atoms with Gasteiger partial charge in [0.15, 0.2) is 0 Å². The van der Waals surface area contributed by atoms with Crippen molar-refractivity contribution in [1.82, 2.24) is 19.8 Å². The number of aromatic nitrogens is 2. The van der Waals surface area contributed by atoms with E-state index in [1.807, 2.05) is 24.5 Å². The summed E-state index contributed by atoms with van der Waals surface area (Å²) >= 11 is 12.2. The van der Waals surface area contributed by atoms with E-state index >= 15 is 0 Å². The minimum atomic E-state index is 0.503. The first-order valence-electron chi connectivity index (χ1n) is 11.2. The Kier molecular flexibility index (Phi) is 10.4. The molecular formula is C24H34Cl2N4. The maximum atomic E-state index is 6.09. The summed E-state index contributed by atoms with van der Waals surface area (Å²) in [6, 6.07) is 13.4. The molecule has 0 radical (unpaired) electrons. The van der Waals surface area contributed by atoms with E-state index in [0.717, 1.165) is 50.4 Å². The molecule has 6 heteroatoms. The van der Waals surface area contributed by atoms with Gasteiger partial charge in [-0.15, -0.1) is 23.2 Å². The van der Waals surface area contributed by atoms with Crippen molar-refractivity contribution >= 4 is 23.2 Å². The first kappa shape index (κ1) is 23.5. The highest BCUT2D eigenvalue weighted by Crippen LogP contribution is 2.29. The molecule has 0 aromatic carbocycles. The van der Waals surface area contributed by atoms with E-state index in [1.165, 1.54) is 25.7 Å². The lowest BCUT2D eigenvalue weighted by Crippen LogP contribution is -2.53. The predicted octanol–water partition coefficient (Wildman–Crippen LogP) is 5.35. The van der Waals surface area contributed by atoms with Crippen LogP contribution in [0.2, 0.25) is 0 Å². The molecule has 164 valence electrons. The standard InChI is InChI=1S/C24H34Cl2N4/c25-13-7-17-29(19-21-9-3-5-15-27-21)23-11-1-2-12-24(23)30(18-8-14-26)20-22-10-4-6-16-28-22/h3-6,9-10,15-16,23-24H,1-2,7-8,11-14,17-20H2/t23-,24-/m0/s1. The van der Waals surface area contributed by atoms with E-state index in [4.69, 9.17) is 23.2 Å². The molecule has 2 atom stereocenters. The van der Waals surface area contributed by atoms with Gasteiger partial charge in [0.1, 0.15) is 0 Å². The molecule has 0 N–H and O–H groups in total. The first-order valence-corrected chi connectivity index (χ1v) is 12.3. The highest BCUT2D eigenvalue weighted by molar-refractivity contribution is 6.18. The van der Waals surface area contributed by atoms with Crippen LogP contribution in [-0.2, 0) is 13.1 Å². The normalized spacial score (nSPS) is 19.5. The van der Waals surface area contributed by atoms with Crippen LogP contribution in [-0.4, -0.2) is 56.7 Å². The minimum Gasteiger partial charge on any atom is -0.293 e. The zero-order valence-electron chi connectivity index (χ0n) is 17.8. The number of halogens is 2. The number of nitrogens with zero attached hydrogens (tertiary/aromatic N) is 4. The molecule has 30 heavy (non-hydrogen) atoms. The smallest absolute Gasteiger partial charge is 0.0544 e. The molecule has 3 rings (SSSR count). The van der Waals surface area contributed by atoms with E-state index in [1.54, 1.807) is 0 Å². The SMILES string of the molecule is ClCCCN(Cc1ccccn1)[C@H]1CCCC[C@@H]1N(CCCCl)Cc1ccccn1. The Morgan fingerprint density at radius 1 is 0.733 bits per heavy atom. The highest BCUT2D eigenvalue weighted by Gasteiger charge is 2.34. The lowest BCUT2D eigenvalue weighted by Gasteiger charge is -2.45. The molecule has 4 nitrogen and oxygen atoms in total. The predicted molar refractivity (Wildman–Crippen MR) is 126 cm³/mol. The van der Waals surface area contributed by atoms with Gasteiger partial charge in [-0.2, -0.15) is 0 Å². The van der Waals surface area contributed by atoms with Crippen LogP contribution in [0.3, 0.4) is 0 Å². The van der Waals surface area contributed by atoms with Gasteiger partial charge in [0.05, 0.1) is 11.4 Å². The molecule has 0 saturated heterocycles. The van der Waals surface area contributed by atoms with Gasteiger partial charge in [-0.3, -0.25) is 19.8 Å². The maximum absolute atomic E-state index is 6.09. The van der Waals surface area contributed by atoms with Crippen LogP contribution in [0.5, 0.6) is 0 Å². The van der Waals surface area contributed by atoms with Crippen molar-refractivity contribution in [3.8, 4) is 0 Å². The topological polar surface area (TPSA) is 32.3 Å². The van der Waals surface area contributed by atoms with Gasteiger partial charge in [0.25, 0.3) is 0 Å². The van der Waals surface area contributed by atoms with Crippen molar-refractivity contribution in [2.45, 2.75) is 63.7 Å². The zero-order chi connectivity index (χ0) is 21.0. The number of hydrogen-bond donors (Lipinski definition) is 0. The average Bonchev–Trinajstić information content (AvgIpc) is 2.81. The second-order valence-electron chi connectivity index (χ2n) is 8.09. The molecule has 1 fully saturated rings. The van der Waals surface area contributed by atoms with Crippen LogP contribution in [0.4, 0.5) is 0 Å². The third-order valence-electron chi connectivity index (χ3n) is 5.97. The molecule has 0 amide bonds.